The zero-order chi connectivity index (χ0) is 9.56. The topological polar surface area (TPSA) is 43.4 Å². The fourth-order valence-corrected chi connectivity index (χ4v) is 1.10. The highest BCUT2D eigenvalue weighted by Crippen LogP contribution is 2.11. The molecular weight excluding hydrogens is 156 g/mol. The number of hydrogen-bond donors (Lipinski definition) is 0. The first-order chi connectivity index (χ1) is 5.65. The van der Waals surface area contributed by atoms with Gasteiger partial charge in [0.2, 0.25) is 0 Å². The van der Waals surface area contributed by atoms with Crippen LogP contribution >= 0.6 is 0 Å². The van der Waals surface area contributed by atoms with E-state index in [1.807, 2.05) is 13.8 Å². The van der Waals surface area contributed by atoms with Crippen LogP contribution in [0.5, 0.6) is 0 Å². The van der Waals surface area contributed by atoms with Crippen LogP contribution in [0.15, 0.2) is 0 Å². The van der Waals surface area contributed by atoms with Gasteiger partial charge in [-0.25, -0.2) is 0 Å². The number of carbonyl (C=O) groups excluding carboxylic acids is 2. The van der Waals surface area contributed by atoms with Crippen LogP contribution in [0.3, 0.4) is 0 Å². The van der Waals surface area contributed by atoms with E-state index in [0.717, 1.165) is 12.8 Å². The summed E-state index contributed by atoms with van der Waals surface area (Å²) < 4.78 is 4.40. The second kappa shape index (κ2) is 5.75. The van der Waals surface area contributed by atoms with Gasteiger partial charge in [-0.05, 0) is 12.8 Å². The van der Waals surface area contributed by atoms with Crippen LogP contribution in [-0.4, -0.2) is 18.9 Å². The summed E-state index contributed by atoms with van der Waals surface area (Å²) in [6.07, 6.45) is 1.52. The third-order valence-electron chi connectivity index (χ3n) is 1.99. The Balaban J connectivity index is 3.92. The summed E-state index contributed by atoms with van der Waals surface area (Å²) in [5.41, 5.74) is 0. The highest BCUT2D eigenvalue weighted by molar-refractivity contribution is 5.96. The summed E-state index contributed by atoms with van der Waals surface area (Å²) in [6, 6.07) is 0. The van der Waals surface area contributed by atoms with E-state index < -0.39 is 5.97 Å². The molecule has 0 saturated carbocycles. The maximum absolute atomic E-state index is 11.3. The second-order valence-electron chi connectivity index (χ2n) is 2.73. The van der Waals surface area contributed by atoms with Gasteiger partial charge in [0.25, 0.3) is 0 Å². The fraction of sp³-hybridized carbons (Fsp3) is 0.778. The van der Waals surface area contributed by atoms with E-state index in [-0.39, 0.29) is 18.1 Å². The number of Topliss-reactive ketones (excluding diaryl/α,β-unsaturated/α-hetero) is 1. The maximum atomic E-state index is 11.3. The molecule has 0 aliphatic heterocycles. The quantitative estimate of drug-likeness (QED) is 0.467. The lowest BCUT2D eigenvalue weighted by Crippen LogP contribution is -2.17. The van der Waals surface area contributed by atoms with Gasteiger partial charge < -0.3 is 4.74 Å². The average molecular weight is 172 g/mol. The largest absolute Gasteiger partial charge is 0.469 e. The molecule has 0 aromatic rings. The van der Waals surface area contributed by atoms with Gasteiger partial charge >= 0.3 is 5.97 Å². The van der Waals surface area contributed by atoms with Crippen molar-refractivity contribution in [2.75, 3.05) is 7.11 Å². The minimum Gasteiger partial charge on any atom is -0.469 e. The Morgan fingerprint density at radius 3 is 2.08 bits per heavy atom. The molecule has 0 unspecified atom stereocenters. The number of ketones is 1. The van der Waals surface area contributed by atoms with Crippen molar-refractivity contribution in [1.82, 2.24) is 0 Å². The van der Waals surface area contributed by atoms with Crippen molar-refractivity contribution >= 4 is 11.8 Å². The molecule has 0 bridgehead atoms. The molecule has 0 fully saturated rings. The molecule has 3 nitrogen and oxygen atoms in total. The molecule has 70 valence electrons. The third-order valence-corrected chi connectivity index (χ3v) is 1.99. The van der Waals surface area contributed by atoms with Crippen LogP contribution in [-0.2, 0) is 14.3 Å². The van der Waals surface area contributed by atoms with Gasteiger partial charge in [0.05, 0.1) is 7.11 Å². The zero-order valence-electron chi connectivity index (χ0n) is 7.92. The monoisotopic (exact) mass is 172 g/mol. The van der Waals surface area contributed by atoms with E-state index in [1.165, 1.54) is 7.11 Å². The van der Waals surface area contributed by atoms with Gasteiger partial charge in [0.15, 0.2) is 0 Å². The fourth-order valence-electron chi connectivity index (χ4n) is 1.10. The van der Waals surface area contributed by atoms with E-state index in [4.69, 9.17) is 0 Å². The maximum Gasteiger partial charge on any atom is 0.313 e. The number of ether oxygens (including phenoxy) is 1. The molecule has 0 spiro atoms. The zero-order valence-corrected chi connectivity index (χ0v) is 7.92. The molecule has 0 aliphatic rings. The minimum absolute atomic E-state index is 0.00755. The molecule has 0 N–H and O–H groups in total. The van der Waals surface area contributed by atoms with Crippen molar-refractivity contribution in [1.29, 1.82) is 0 Å². The summed E-state index contributed by atoms with van der Waals surface area (Å²) in [5, 5.41) is 0. The first-order valence-corrected chi connectivity index (χ1v) is 4.25. The molecule has 0 aromatic carbocycles. The van der Waals surface area contributed by atoms with Crippen molar-refractivity contribution in [2.45, 2.75) is 33.1 Å². The van der Waals surface area contributed by atoms with E-state index in [9.17, 15) is 9.59 Å². The van der Waals surface area contributed by atoms with Gasteiger partial charge in [0, 0.05) is 5.92 Å². The predicted molar refractivity (Wildman–Crippen MR) is 45.7 cm³/mol. The van der Waals surface area contributed by atoms with E-state index >= 15 is 0 Å². The van der Waals surface area contributed by atoms with Crippen LogP contribution in [0.4, 0.5) is 0 Å². The van der Waals surface area contributed by atoms with Crippen molar-refractivity contribution in [3.8, 4) is 0 Å². The summed E-state index contributed by atoms with van der Waals surface area (Å²) in [7, 11) is 1.29. The van der Waals surface area contributed by atoms with Crippen molar-refractivity contribution in [2.24, 2.45) is 5.92 Å². The number of rotatable bonds is 5. The number of carbonyl (C=O) groups is 2. The van der Waals surface area contributed by atoms with Crippen molar-refractivity contribution in [3.63, 3.8) is 0 Å². The molecule has 0 rings (SSSR count). The Morgan fingerprint density at radius 1 is 1.25 bits per heavy atom. The Bertz CT molecular complexity index is 159. The number of methoxy groups -OCH3 is 1. The Hall–Kier alpha value is -0.860. The Labute approximate surface area is 73.1 Å². The van der Waals surface area contributed by atoms with Crippen LogP contribution in [0.25, 0.3) is 0 Å². The average Bonchev–Trinajstić information content (AvgIpc) is 2.06. The molecule has 0 radical (unpaired) electrons. The standard InChI is InChI=1S/C9H16O3/c1-4-7(5-2)8(10)6-9(11)12-3/h7H,4-6H2,1-3H3. The molecule has 0 heterocycles. The van der Waals surface area contributed by atoms with Gasteiger partial charge in [-0.1, -0.05) is 13.8 Å². The van der Waals surface area contributed by atoms with Crippen LogP contribution in [0, 0.1) is 5.92 Å². The molecule has 0 amide bonds. The number of hydrogen-bond acceptors (Lipinski definition) is 3. The first-order valence-electron chi connectivity index (χ1n) is 4.25. The lowest BCUT2D eigenvalue weighted by Gasteiger charge is -2.08. The van der Waals surface area contributed by atoms with E-state index in [1.54, 1.807) is 0 Å². The SMILES string of the molecule is CCC(CC)C(=O)CC(=O)OC. The minimum atomic E-state index is -0.438. The molecule has 0 saturated heterocycles. The molecule has 0 atom stereocenters. The molecule has 12 heavy (non-hydrogen) atoms. The van der Waals surface area contributed by atoms with Gasteiger partial charge in [-0.2, -0.15) is 0 Å². The van der Waals surface area contributed by atoms with E-state index in [0.29, 0.717) is 0 Å². The van der Waals surface area contributed by atoms with Gasteiger partial charge in [0.1, 0.15) is 12.2 Å². The molecule has 0 aromatic heterocycles. The van der Waals surface area contributed by atoms with Crippen LogP contribution < -0.4 is 0 Å². The second-order valence-corrected chi connectivity index (χ2v) is 2.73. The first kappa shape index (κ1) is 11.1. The Kier molecular flexibility index (Phi) is 5.34. The lowest BCUT2D eigenvalue weighted by molar-refractivity contribution is -0.144. The van der Waals surface area contributed by atoms with Crippen molar-refractivity contribution in [3.05, 3.63) is 0 Å². The van der Waals surface area contributed by atoms with Crippen LogP contribution in [0.1, 0.15) is 33.1 Å². The molecular formula is C9H16O3. The van der Waals surface area contributed by atoms with Gasteiger partial charge in [-0.3, -0.25) is 9.59 Å². The highest BCUT2D eigenvalue weighted by Gasteiger charge is 2.17. The van der Waals surface area contributed by atoms with Crippen molar-refractivity contribution < 1.29 is 14.3 Å². The highest BCUT2D eigenvalue weighted by atomic mass is 16.5. The van der Waals surface area contributed by atoms with Crippen LogP contribution in [0.2, 0.25) is 0 Å². The smallest absolute Gasteiger partial charge is 0.313 e. The molecule has 0 aliphatic carbocycles. The Morgan fingerprint density at radius 2 is 1.75 bits per heavy atom. The van der Waals surface area contributed by atoms with E-state index in [2.05, 4.69) is 4.74 Å². The summed E-state index contributed by atoms with van der Waals surface area (Å²) in [6.45, 7) is 3.90. The summed E-state index contributed by atoms with van der Waals surface area (Å²) >= 11 is 0. The normalized spacial score (nSPS) is 10.0. The summed E-state index contributed by atoms with van der Waals surface area (Å²) in [5.74, 6) is -0.428. The lowest BCUT2D eigenvalue weighted by atomic mass is 9.96. The third kappa shape index (κ3) is 3.51. The summed E-state index contributed by atoms with van der Waals surface area (Å²) in [4.78, 5) is 22.0. The molecule has 3 heteroatoms. The predicted octanol–water partition coefficient (Wildman–Crippen LogP) is 1.55. The number of esters is 1. The van der Waals surface area contributed by atoms with Gasteiger partial charge in [-0.15, -0.1) is 0 Å².